The highest BCUT2D eigenvalue weighted by molar-refractivity contribution is 9.10. The molecule has 0 radical (unpaired) electrons. The number of rotatable bonds is 7. The van der Waals surface area contributed by atoms with Crippen LogP contribution in [0.3, 0.4) is 0 Å². The second kappa shape index (κ2) is 9.26. The second-order valence-corrected chi connectivity index (χ2v) is 9.96. The highest BCUT2D eigenvalue weighted by Gasteiger charge is 2.15. The minimum absolute atomic E-state index is 0.0366. The van der Waals surface area contributed by atoms with Gasteiger partial charge in [0.1, 0.15) is 5.75 Å². The summed E-state index contributed by atoms with van der Waals surface area (Å²) in [7, 11) is 0. The number of anilines is 1. The fraction of sp³-hybridized carbons (Fsp3) is 0.391. The van der Waals surface area contributed by atoms with Gasteiger partial charge in [-0.3, -0.25) is 4.79 Å². The molecule has 6 heteroatoms. The highest BCUT2D eigenvalue weighted by atomic mass is 79.9. The lowest BCUT2D eigenvalue weighted by Gasteiger charge is -2.20. The van der Waals surface area contributed by atoms with Crippen molar-refractivity contribution in [3.05, 3.63) is 52.0 Å². The van der Waals surface area contributed by atoms with Crippen molar-refractivity contribution in [3.8, 4) is 5.75 Å². The van der Waals surface area contributed by atoms with Crippen molar-refractivity contribution < 1.29 is 9.53 Å². The average molecular weight is 475 g/mol. The van der Waals surface area contributed by atoms with E-state index in [1.807, 2.05) is 12.1 Å². The first-order chi connectivity index (χ1) is 13.8. The molecule has 0 spiro atoms. The Morgan fingerprint density at radius 2 is 2.00 bits per heavy atom. The lowest BCUT2D eigenvalue weighted by Crippen LogP contribution is -2.13. The molecule has 3 rings (SSSR count). The molecule has 0 fully saturated rings. The maximum absolute atomic E-state index is 12.2. The number of hydrogen-bond acceptors (Lipinski definition) is 4. The molecule has 1 aromatic heterocycles. The topological polar surface area (TPSA) is 51.2 Å². The fourth-order valence-electron chi connectivity index (χ4n) is 2.92. The maximum atomic E-state index is 12.2. The van der Waals surface area contributed by atoms with E-state index in [-0.39, 0.29) is 11.3 Å². The molecule has 0 unspecified atom stereocenters. The summed E-state index contributed by atoms with van der Waals surface area (Å²) in [5.41, 5.74) is 3.54. The summed E-state index contributed by atoms with van der Waals surface area (Å²) in [6, 6.07) is 12.4. The van der Waals surface area contributed by atoms with Crippen molar-refractivity contribution in [2.45, 2.75) is 52.4 Å². The minimum Gasteiger partial charge on any atom is -0.492 e. The molecule has 2 aromatic carbocycles. The third-order valence-electron chi connectivity index (χ3n) is 4.71. The van der Waals surface area contributed by atoms with Gasteiger partial charge in [0, 0.05) is 6.42 Å². The van der Waals surface area contributed by atoms with E-state index in [9.17, 15) is 4.79 Å². The molecule has 4 nitrogen and oxygen atoms in total. The molecule has 154 valence electrons. The van der Waals surface area contributed by atoms with E-state index in [0.29, 0.717) is 24.6 Å². The minimum atomic E-state index is -0.0366. The number of aromatic nitrogens is 1. The van der Waals surface area contributed by atoms with E-state index >= 15 is 0 Å². The molecule has 29 heavy (non-hydrogen) atoms. The molecule has 0 atom stereocenters. The number of nitrogens with zero attached hydrogens (tertiary/aromatic N) is 1. The predicted octanol–water partition coefficient (Wildman–Crippen LogP) is 6.72. The van der Waals surface area contributed by atoms with Crippen LogP contribution >= 0.6 is 27.3 Å². The van der Waals surface area contributed by atoms with E-state index < -0.39 is 0 Å². The van der Waals surface area contributed by atoms with Gasteiger partial charge in [0.05, 0.1) is 21.3 Å². The van der Waals surface area contributed by atoms with Crippen LogP contribution in [0.2, 0.25) is 0 Å². The van der Waals surface area contributed by atoms with Gasteiger partial charge in [0.2, 0.25) is 5.91 Å². The highest BCUT2D eigenvalue weighted by Crippen LogP contribution is 2.31. The zero-order valence-corrected chi connectivity index (χ0v) is 19.7. The molecule has 0 bridgehead atoms. The van der Waals surface area contributed by atoms with E-state index in [4.69, 9.17) is 4.74 Å². The molecule has 1 N–H and O–H groups in total. The number of fused-ring (bicyclic) bond motifs is 1. The van der Waals surface area contributed by atoms with Crippen LogP contribution in [0.25, 0.3) is 10.2 Å². The molecule has 0 aliphatic carbocycles. The quantitative estimate of drug-likeness (QED) is 0.386. The number of thiazole rings is 1. The maximum Gasteiger partial charge on any atom is 0.226 e. The summed E-state index contributed by atoms with van der Waals surface area (Å²) in [6.07, 6.45) is 2.03. The molecule has 0 aliphatic heterocycles. The Morgan fingerprint density at radius 3 is 2.69 bits per heavy atom. The molecule has 3 aromatic rings. The van der Waals surface area contributed by atoms with Gasteiger partial charge in [-0.2, -0.15) is 0 Å². The Kier molecular flexibility index (Phi) is 6.96. The van der Waals surface area contributed by atoms with Gasteiger partial charge in [-0.15, -0.1) is 0 Å². The summed E-state index contributed by atoms with van der Waals surface area (Å²) in [4.78, 5) is 16.7. The van der Waals surface area contributed by atoms with E-state index in [2.05, 4.69) is 78.2 Å². The van der Waals surface area contributed by atoms with Gasteiger partial charge < -0.3 is 10.1 Å². The van der Waals surface area contributed by atoms with Gasteiger partial charge in [0.15, 0.2) is 5.13 Å². The largest absolute Gasteiger partial charge is 0.492 e. The van der Waals surface area contributed by atoms with E-state index in [0.717, 1.165) is 26.9 Å². The molecular weight excluding hydrogens is 448 g/mol. The number of benzene rings is 2. The molecular formula is C23H27BrN2O2S. The molecule has 0 saturated carbocycles. The first-order valence-corrected chi connectivity index (χ1v) is 11.5. The normalized spacial score (nSPS) is 11.6. The second-order valence-electron chi connectivity index (χ2n) is 8.07. The summed E-state index contributed by atoms with van der Waals surface area (Å²) in [5, 5.41) is 3.56. The van der Waals surface area contributed by atoms with Gasteiger partial charge >= 0.3 is 0 Å². The van der Waals surface area contributed by atoms with Crippen LogP contribution in [-0.4, -0.2) is 17.5 Å². The standard InChI is InChI=1S/C23H27BrN2O2S/c1-5-15-8-10-18-20(13-15)29-22(25-18)26-21(27)7-6-12-28-19-11-9-16(14-17(19)24)23(2,3)4/h8-11,13-14H,5-7,12H2,1-4H3,(H,25,26,27). The molecule has 0 saturated heterocycles. The smallest absolute Gasteiger partial charge is 0.226 e. The number of hydrogen-bond donors (Lipinski definition) is 1. The van der Waals surface area contributed by atoms with Gasteiger partial charge in [0.25, 0.3) is 0 Å². The summed E-state index contributed by atoms with van der Waals surface area (Å²) >= 11 is 5.10. The average Bonchev–Trinajstić information content (AvgIpc) is 3.06. The number of aryl methyl sites for hydroxylation is 1. The third kappa shape index (κ3) is 5.80. The number of carbonyl (C=O) groups excluding carboxylic acids is 1. The molecule has 1 heterocycles. The van der Waals surface area contributed by atoms with Crippen LogP contribution in [0.1, 0.15) is 51.7 Å². The number of carbonyl (C=O) groups is 1. The fourth-order valence-corrected chi connectivity index (χ4v) is 4.36. The van der Waals surface area contributed by atoms with Crippen LogP contribution < -0.4 is 10.1 Å². The molecule has 1 amide bonds. The Labute approximate surface area is 184 Å². The predicted molar refractivity (Wildman–Crippen MR) is 125 cm³/mol. The zero-order valence-electron chi connectivity index (χ0n) is 17.3. The number of ether oxygens (including phenoxy) is 1. The van der Waals surface area contributed by atoms with Crippen molar-refractivity contribution in [1.29, 1.82) is 0 Å². The SMILES string of the molecule is CCc1ccc2nc(NC(=O)CCCOc3ccc(C(C)(C)C)cc3Br)sc2c1. The Morgan fingerprint density at radius 1 is 1.21 bits per heavy atom. The van der Waals surface area contributed by atoms with E-state index in [1.165, 1.54) is 22.5 Å². The zero-order chi connectivity index (χ0) is 21.0. The summed E-state index contributed by atoms with van der Waals surface area (Å²) in [5.74, 6) is 0.766. The van der Waals surface area contributed by atoms with Crippen molar-refractivity contribution in [2.75, 3.05) is 11.9 Å². The number of nitrogens with one attached hydrogen (secondary N) is 1. The van der Waals surface area contributed by atoms with E-state index in [1.54, 1.807) is 0 Å². The Balaban J connectivity index is 1.48. The third-order valence-corrected chi connectivity index (χ3v) is 6.26. The van der Waals surface area contributed by atoms with Crippen molar-refractivity contribution in [1.82, 2.24) is 4.98 Å². The van der Waals surface area contributed by atoms with Gasteiger partial charge in [-0.05, 0) is 69.6 Å². The van der Waals surface area contributed by atoms with Crippen molar-refractivity contribution in [3.63, 3.8) is 0 Å². The van der Waals surface area contributed by atoms with Crippen LogP contribution in [0.15, 0.2) is 40.9 Å². The number of halogens is 1. The Hall–Kier alpha value is -1.92. The first kappa shape index (κ1) is 21.8. The number of amides is 1. The lowest BCUT2D eigenvalue weighted by molar-refractivity contribution is -0.116. The van der Waals surface area contributed by atoms with Crippen molar-refractivity contribution >= 4 is 48.5 Å². The van der Waals surface area contributed by atoms with Crippen LogP contribution in [-0.2, 0) is 16.6 Å². The van der Waals surface area contributed by atoms with Gasteiger partial charge in [-0.25, -0.2) is 4.98 Å². The molecule has 0 aliphatic rings. The van der Waals surface area contributed by atoms with Gasteiger partial charge in [-0.1, -0.05) is 51.2 Å². The lowest BCUT2D eigenvalue weighted by atomic mass is 9.87. The summed E-state index contributed by atoms with van der Waals surface area (Å²) < 4.78 is 7.88. The van der Waals surface area contributed by atoms with Crippen LogP contribution in [0.5, 0.6) is 5.75 Å². The monoisotopic (exact) mass is 474 g/mol. The Bertz CT molecular complexity index is 1010. The first-order valence-electron chi connectivity index (χ1n) is 9.88. The van der Waals surface area contributed by atoms with Crippen LogP contribution in [0, 0.1) is 0 Å². The van der Waals surface area contributed by atoms with Crippen LogP contribution in [0.4, 0.5) is 5.13 Å². The van der Waals surface area contributed by atoms with Crippen molar-refractivity contribution in [2.24, 2.45) is 0 Å². The summed E-state index contributed by atoms with van der Waals surface area (Å²) in [6.45, 7) is 9.16.